The van der Waals surface area contributed by atoms with Gasteiger partial charge in [0.2, 0.25) is 5.95 Å². The second-order valence-corrected chi connectivity index (χ2v) is 9.84. The number of rotatable bonds is 4. The molecule has 0 radical (unpaired) electrons. The number of nitrogens with zero attached hydrogens (tertiary/aromatic N) is 5. The van der Waals surface area contributed by atoms with Crippen molar-refractivity contribution < 1.29 is 18.0 Å². The highest BCUT2D eigenvalue weighted by Crippen LogP contribution is 2.29. The van der Waals surface area contributed by atoms with E-state index in [0.29, 0.717) is 13.1 Å². The lowest BCUT2D eigenvalue weighted by atomic mass is 10.0. The number of alkyl halides is 3. The fourth-order valence-corrected chi connectivity index (χ4v) is 4.98. The van der Waals surface area contributed by atoms with E-state index in [2.05, 4.69) is 20.2 Å². The Balaban J connectivity index is 1.27. The molecule has 0 bridgehead atoms. The number of carbonyl (C=O) groups is 1. The van der Waals surface area contributed by atoms with Gasteiger partial charge in [-0.25, -0.2) is 14.8 Å². The van der Waals surface area contributed by atoms with Gasteiger partial charge in [-0.1, -0.05) is 23.7 Å². The highest BCUT2D eigenvalue weighted by Gasteiger charge is 2.36. The second kappa shape index (κ2) is 10.6. The van der Waals surface area contributed by atoms with Gasteiger partial charge in [-0.05, 0) is 44.4 Å². The molecule has 0 saturated carbocycles. The minimum atomic E-state index is -4.47. The van der Waals surface area contributed by atoms with E-state index in [1.807, 2.05) is 47.9 Å². The van der Waals surface area contributed by atoms with Gasteiger partial charge in [-0.15, -0.1) is 0 Å². The molecule has 1 aromatic carbocycles. The quantitative estimate of drug-likeness (QED) is 0.659. The second-order valence-electron chi connectivity index (χ2n) is 9.41. The summed E-state index contributed by atoms with van der Waals surface area (Å²) >= 11 is 5.96. The van der Waals surface area contributed by atoms with E-state index in [1.165, 1.54) is 5.56 Å². The van der Waals surface area contributed by atoms with Crippen LogP contribution >= 0.6 is 11.6 Å². The number of nitrogens with one attached hydrogen (secondary N) is 1. The molecule has 3 heterocycles. The summed E-state index contributed by atoms with van der Waals surface area (Å²) in [5.74, 6) is 0.241. The number of halogens is 4. The van der Waals surface area contributed by atoms with Gasteiger partial charge < -0.3 is 15.1 Å². The summed E-state index contributed by atoms with van der Waals surface area (Å²) in [6.45, 7) is 7.42. The summed E-state index contributed by atoms with van der Waals surface area (Å²) in [5, 5.41) is 3.92. The number of aromatic nitrogens is 2. The van der Waals surface area contributed by atoms with Crippen LogP contribution in [0.3, 0.4) is 0 Å². The molecule has 35 heavy (non-hydrogen) atoms. The summed E-state index contributed by atoms with van der Waals surface area (Å²) in [6, 6.07) is 7.59. The third-order valence-corrected chi connectivity index (χ3v) is 6.89. The molecule has 2 atom stereocenters. The lowest BCUT2D eigenvalue weighted by Crippen LogP contribution is -2.62. The molecule has 0 unspecified atom stereocenters. The molecule has 1 aromatic heterocycles. The van der Waals surface area contributed by atoms with E-state index < -0.39 is 11.7 Å². The first-order chi connectivity index (χ1) is 16.6. The third-order valence-electron chi connectivity index (χ3n) is 6.64. The Morgan fingerprint density at radius 2 is 1.63 bits per heavy atom. The Morgan fingerprint density at radius 1 is 1.06 bits per heavy atom. The molecule has 2 saturated heterocycles. The summed E-state index contributed by atoms with van der Waals surface area (Å²) < 4.78 is 38.4. The molecule has 1 N–H and O–H groups in total. The van der Waals surface area contributed by atoms with Crippen LogP contribution in [0.5, 0.6) is 0 Å². The van der Waals surface area contributed by atoms with Crippen LogP contribution < -0.4 is 10.2 Å². The molecule has 0 aliphatic carbocycles. The van der Waals surface area contributed by atoms with Crippen LogP contribution in [-0.2, 0) is 12.7 Å². The zero-order valence-corrected chi connectivity index (χ0v) is 20.6. The first-order valence-corrected chi connectivity index (χ1v) is 12.2. The van der Waals surface area contributed by atoms with Gasteiger partial charge in [0.25, 0.3) is 0 Å². The largest absolute Gasteiger partial charge is 0.419 e. The van der Waals surface area contributed by atoms with Gasteiger partial charge in [-0.3, -0.25) is 4.90 Å². The van der Waals surface area contributed by atoms with E-state index in [9.17, 15) is 18.0 Å². The number of anilines is 1. The minimum absolute atomic E-state index is 0.103. The molecular weight excluding hydrogens is 481 g/mol. The van der Waals surface area contributed by atoms with E-state index >= 15 is 0 Å². The molecular formula is C24H30ClF3N6O. The third kappa shape index (κ3) is 6.35. The zero-order chi connectivity index (χ0) is 25.2. The maximum absolute atomic E-state index is 13.1. The van der Waals surface area contributed by atoms with Crippen molar-refractivity contribution in [2.75, 3.05) is 31.1 Å². The Morgan fingerprint density at radius 3 is 2.17 bits per heavy atom. The molecule has 11 heteroatoms. The Bertz CT molecular complexity index is 984. The average Bonchev–Trinajstić information content (AvgIpc) is 2.81. The van der Waals surface area contributed by atoms with Crippen LogP contribution in [0, 0.1) is 0 Å². The van der Waals surface area contributed by atoms with Crippen molar-refractivity contribution in [1.29, 1.82) is 0 Å². The number of urea groups is 1. The molecule has 2 aliphatic rings. The fourth-order valence-electron chi connectivity index (χ4n) is 4.85. The van der Waals surface area contributed by atoms with E-state index in [4.69, 9.17) is 11.6 Å². The molecule has 2 aliphatic heterocycles. The number of hydrogen-bond acceptors (Lipinski definition) is 5. The number of amides is 2. The van der Waals surface area contributed by atoms with E-state index in [-0.39, 0.29) is 30.1 Å². The molecule has 0 spiro atoms. The van der Waals surface area contributed by atoms with Crippen LogP contribution in [0.4, 0.5) is 23.9 Å². The first kappa shape index (κ1) is 25.5. The number of hydrogen-bond donors (Lipinski definition) is 1. The topological polar surface area (TPSA) is 64.6 Å². The molecule has 7 nitrogen and oxygen atoms in total. The normalized spacial score (nSPS) is 22.3. The first-order valence-electron chi connectivity index (χ1n) is 11.8. The van der Waals surface area contributed by atoms with Crippen LogP contribution in [0.25, 0.3) is 0 Å². The van der Waals surface area contributed by atoms with Crippen LogP contribution in [0.2, 0.25) is 5.02 Å². The Labute approximate surface area is 208 Å². The summed E-state index contributed by atoms with van der Waals surface area (Å²) in [6.07, 6.45) is -1.11. The zero-order valence-electron chi connectivity index (χ0n) is 19.8. The van der Waals surface area contributed by atoms with Crippen molar-refractivity contribution in [1.82, 2.24) is 25.1 Å². The Kier molecular flexibility index (Phi) is 7.70. The van der Waals surface area contributed by atoms with Gasteiger partial charge >= 0.3 is 12.2 Å². The predicted octanol–water partition coefficient (Wildman–Crippen LogP) is 4.42. The number of benzene rings is 1. The number of piperazine rings is 1. The van der Waals surface area contributed by atoms with Gasteiger partial charge in [0.15, 0.2) is 0 Å². The Hall–Kier alpha value is -2.59. The van der Waals surface area contributed by atoms with E-state index in [0.717, 1.165) is 49.9 Å². The SMILES string of the molecule is C[C@@H]1CN(c2ncc(C(F)(F)F)cn2)C[C@@H](C)N1C(=O)NC1CCN(Cc2ccc(Cl)cc2)CC1. The van der Waals surface area contributed by atoms with Crippen molar-refractivity contribution >= 4 is 23.6 Å². The van der Waals surface area contributed by atoms with Crippen LogP contribution in [0.15, 0.2) is 36.7 Å². The molecule has 190 valence electrons. The van der Waals surface area contributed by atoms with Crippen molar-refractivity contribution in [3.8, 4) is 0 Å². The van der Waals surface area contributed by atoms with Gasteiger partial charge in [0.1, 0.15) is 0 Å². The standard InChI is InChI=1S/C24H30ClF3N6O/c1-16-13-33(22-29-11-19(12-30-22)24(26,27)28)14-17(2)34(16)23(35)31-21-7-9-32(10-8-21)15-18-3-5-20(25)6-4-18/h3-6,11-12,16-17,21H,7-10,13-15H2,1-2H3,(H,31,35)/t16-,17-/m1/s1. The fraction of sp³-hybridized carbons (Fsp3) is 0.542. The monoisotopic (exact) mass is 510 g/mol. The number of carbonyl (C=O) groups excluding carboxylic acids is 1. The van der Waals surface area contributed by atoms with Gasteiger partial charge in [0, 0.05) is 68.3 Å². The van der Waals surface area contributed by atoms with Crippen molar-refractivity contribution in [2.45, 2.75) is 57.5 Å². The molecule has 4 rings (SSSR count). The molecule has 2 fully saturated rings. The smallest absolute Gasteiger partial charge is 0.337 e. The van der Waals surface area contributed by atoms with Crippen molar-refractivity contribution in [3.63, 3.8) is 0 Å². The van der Waals surface area contributed by atoms with Crippen molar-refractivity contribution in [3.05, 3.63) is 52.8 Å². The highest BCUT2D eigenvalue weighted by molar-refractivity contribution is 6.30. The minimum Gasteiger partial charge on any atom is -0.337 e. The number of piperidine rings is 1. The maximum Gasteiger partial charge on any atom is 0.419 e. The van der Waals surface area contributed by atoms with Crippen molar-refractivity contribution in [2.24, 2.45) is 0 Å². The lowest BCUT2D eigenvalue weighted by molar-refractivity contribution is -0.138. The maximum atomic E-state index is 13.1. The molecule has 2 amide bonds. The lowest BCUT2D eigenvalue weighted by Gasteiger charge is -2.45. The average molecular weight is 511 g/mol. The predicted molar refractivity (Wildman–Crippen MR) is 128 cm³/mol. The van der Waals surface area contributed by atoms with Crippen LogP contribution in [0.1, 0.15) is 37.8 Å². The van der Waals surface area contributed by atoms with Crippen LogP contribution in [-0.4, -0.2) is 70.1 Å². The number of likely N-dealkylation sites (tertiary alicyclic amines) is 1. The summed E-state index contributed by atoms with van der Waals surface area (Å²) in [7, 11) is 0. The van der Waals surface area contributed by atoms with Gasteiger partial charge in [0.05, 0.1) is 5.56 Å². The summed E-state index contributed by atoms with van der Waals surface area (Å²) in [4.78, 5) is 26.9. The summed E-state index contributed by atoms with van der Waals surface area (Å²) in [5.41, 5.74) is 0.342. The van der Waals surface area contributed by atoms with Gasteiger partial charge in [-0.2, -0.15) is 13.2 Å². The highest BCUT2D eigenvalue weighted by atomic mass is 35.5. The molecule has 2 aromatic rings. The van der Waals surface area contributed by atoms with E-state index in [1.54, 1.807) is 0 Å².